The summed E-state index contributed by atoms with van der Waals surface area (Å²) in [6, 6.07) is 81.3. The standard InChI is InChI=1S/C106H67BN4O4/c1-106(2,3)66-58-91-101-92(59-66)111(103-75(50-55-98-100(103)81-33-15-21-43-96(81)113-98)79-37-23-35-77-73-31-13-19-41-94(73)115-105(77)79)90-61-68(109-85-38-16-10-28-69(85)71-48-44-65(57-88(71)109)63-26-8-5-9-27-63)47-52-84(90)107(101)83-51-46-67(108-86-39-17-11-29-70(86)82-56-64(45-53-87(82)108)62-24-6-4-7-25-62)60-89(83)110(91)102-74(49-54-97-99(102)80-32-14-20-42-95(80)112-97)78-36-22-34-76-72-30-12-18-40-93(72)114-104(76)78/h4-61H,1-3H3/i10D,11D,16D,17D,28D,29D,38D,39D,44D,45D,48D,53D,56D,57D. The van der Waals surface area contributed by atoms with Crippen LogP contribution in [0.2, 0.25) is 0 Å². The number of hydrogen-bond acceptors (Lipinski definition) is 6. The van der Waals surface area contributed by atoms with Gasteiger partial charge in [-0.2, -0.15) is 0 Å². The number of anilines is 6. The van der Waals surface area contributed by atoms with Gasteiger partial charge in [-0.05, 0) is 165 Å². The predicted octanol–water partition coefficient (Wildman–Crippen LogP) is 27.5. The second-order valence-electron chi connectivity index (χ2n) is 31.0. The van der Waals surface area contributed by atoms with Crippen molar-refractivity contribution in [3.63, 3.8) is 0 Å². The summed E-state index contributed by atoms with van der Waals surface area (Å²) in [5.41, 5.74) is 16.0. The van der Waals surface area contributed by atoms with E-state index in [0.717, 1.165) is 76.4 Å². The summed E-state index contributed by atoms with van der Waals surface area (Å²) in [4.78, 5) is 4.62. The molecule has 0 spiro atoms. The average molecular weight is 1490 g/mol. The molecule has 0 aliphatic carbocycles. The monoisotopic (exact) mass is 1480 g/mol. The third kappa shape index (κ3) is 9.20. The van der Waals surface area contributed by atoms with Crippen molar-refractivity contribution in [1.82, 2.24) is 9.13 Å². The van der Waals surface area contributed by atoms with Crippen LogP contribution in [0.4, 0.5) is 34.1 Å². The number of rotatable bonds is 8. The minimum atomic E-state index is -0.831. The lowest BCUT2D eigenvalue weighted by Crippen LogP contribution is -2.61. The van der Waals surface area contributed by atoms with Crippen LogP contribution >= 0.6 is 0 Å². The molecule has 0 fully saturated rings. The fourth-order valence-corrected chi connectivity index (χ4v) is 18.6. The van der Waals surface area contributed by atoms with E-state index in [1.54, 1.807) is 57.7 Å². The lowest BCUT2D eigenvalue weighted by atomic mass is 9.33. The van der Waals surface area contributed by atoms with Gasteiger partial charge in [0.15, 0.2) is 0 Å². The Labute approximate surface area is 680 Å². The van der Waals surface area contributed by atoms with E-state index in [2.05, 4.69) is 103 Å². The summed E-state index contributed by atoms with van der Waals surface area (Å²) in [5.74, 6) is 0. The van der Waals surface area contributed by atoms with Crippen LogP contribution in [-0.2, 0) is 5.41 Å². The number of nitrogens with zero attached hydrogens (tertiary/aromatic N) is 4. The van der Waals surface area contributed by atoms with Crippen LogP contribution in [0.15, 0.2) is 369 Å². The molecular weight excluding hydrogens is 1400 g/mol. The molecule has 0 radical (unpaired) electrons. The minimum Gasteiger partial charge on any atom is -0.456 e. The van der Waals surface area contributed by atoms with Crippen LogP contribution in [0.3, 0.4) is 0 Å². The third-order valence-electron chi connectivity index (χ3n) is 23.7. The summed E-state index contributed by atoms with van der Waals surface area (Å²) < 4.78 is 171. The normalized spacial score (nSPS) is 14.7. The van der Waals surface area contributed by atoms with Gasteiger partial charge in [0.05, 0.1) is 63.4 Å². The van der Waals surface area contributed by atoms with E-state index in [9.17, 15) is 19.2 Å². The molecule has 2 aliphatic rings. The molecule has 538 valence electrons. The highest BCUT2D eigenvalue weighted by Gasteiger charge is 2.47. The van der Waals surface area contributed by atoms with E-state index in [1.165, 1.54) is 0 Å². The Hall–Kier alpha value is -14.8. The number of para-hydroxylation sites is 8. The Balaban J connectivity index is 0.883. The zero-order valence-electron chi connectivity index (χ0n) is 75.9. The molecule has 0 saturated heterocycles. The highest BCUT2D eigenvalue weighted by atomic mass is 16.3. The first-order valence-corrected chi connectivity index (χ1v) is 38.5. The topological polar surface area (TPSA) is 68.9 Å². The number of benzene rings is 17. The molecule has 0 N–H and O–H groups in total. The summed E-state index contributed by atoms with van der Waals surface area (Å²) >= 11 is 0. The molecule has 9 heteroatoms. The largest absolute Gasteiger partial charge is 0.456 e. The van der Waals surface area contributed by atoms with Gasteiger partial charge in [-0.25, -0.2) is 0 Å². The number of hydrogen-bond donors (Lipinski definition) is 0. The first-order chi connectivity index (χ1) is 62.5. The predicted molar refractivity (Wildman–Crippen MR) is 479 cm³/mol. The van der Waals surface area contributed by atoms with E-state index < -0.39 is 60.5 Å². The Morgan fingerprint density at radius 2 is 0.722 bits per heavy atom. The van der Waals surface area contributed by atoms with Gasteiger partial charge < -0.3 is 36.6 Å². The van der Waals surface area contributed by atoms with Crippen molar-refractivity contribution in [2.24, 2.45) is 0 Å². The van der Waals surface area contributed by atoms with E-state index in [1.807, 2.05) is 146 Å². The minimum absolute atomic E-state index is 0.00116. The Kier molecular flexibility index (Phi) is 10.7. The van der Waals surface area contributed by atoms with Gasteiger partial charge in [0.2, 0.25) is 0 Å². The number of furan rings is 4. The Morgan fingerprint density at radius 1 is 0.296 bits per heavy atom. The molecular formula is C106H67BN4O4. The molecule has 0 saturated carbocycles. The highest BCUT2D eigenvalue weighted by molar-refractivity contribution is 7.00. The maximum atomic E-state index is 10.6. The van der Waals surface area contributed by atoms with Gasteiger partial charge in [0, 0.05) is 110 Å². The number of fused-ring (bicyclic) bond motifs is 22. The second-order valence-corrected chi connectivity index (χ2v) is 31.0. The van der Waals surface area contributed by atoms with Crippen molar-refractivity contribution < 1.29 is 36.9 Å². The molecule has 115 heavy (non-hydrogen) atoms. The fourth-order valence-electron chi connectivity index (χ4n) is 18.6. The van der Waals surface area contributed by atoms with Crippen LogP contribution in [0.25, 0.3) is 187 Å². The number of aromatic nitrogens is 2. The van der Waals surface area contributed by atoms with Gasteiger partial charge in [0.25, 0.3) is 6.71 Å². The van der Waals surface area contributed by atoms with E-state index in [4.69, 9.17) is 17.7 Å². The molecule has 0 atom stereocenters. The molecule has 6 aromatic heterocycles. The third-order valence-corrected chi connectivity index (χ3v) is 23.7. The summed E-state index contributed by atoms with van der Waals surface area (Å²) in [6.07, 6.45) is 0. The van der Waals surface area contributed by atoms with E-state index in [0.29, 0.717) is 112 Å². The summed E-state index contributed by atoms with van der Waals surface area (Å²) in [6.45, 7) is 5.70. The first-order valence-electron chi connectivity index (χ1n) is 45.5. The molecule has 2 aliphatic heterocycles. The van der Waals surface area contributed by atoms with Crippen molar-refractivity contribution in [1.29, 1.82) is 0 Å². The van der Waals surface area contributed by atoms with Crippen molar-refractivity contribution in [3.8, 4) is 55.9 Å². The van der Waals surface area contributed by atoms with Crippen LogP contribution < -0.4 is 26.2 Å². The summed E-state index contributed by atoms with van der Waals surface area (Å²) in [7, 11) is 0. The lowest BCUT2D eigenvalue weighted by Gasteiger charge is -2.46. The second kappa shape index (κ2) is 23.9. The van der Waals surface area contributed by atoms with Crippen LogP contribution in [0, 0.1) is 0 Å². The Morgan fingerprint density at radius 3 is 1.24 bits per heavy atom. The van der Waals surface area contributed by atoms with E-state index >= 15 is 0 Å². The van der Waals surface area contributed by atoms with Gasteiger partial charge in [-0.15, -0.1) is 0 Å². The average Bonchev–Trinajstić information content (AvgIpc) is 1.68. The van der Waals surface area contributed by atoms with Crippen molar-refractivity contribution in [3.05, 3.63) is 357 Å². The fraction of sp³-hybridized carbons (Fsp3) is 0.0377. The molecule has 8 heterocycles. The maximum absolute atomic E-state index is 10.6. The quantitative estimate of drug-likeness (QED) is 0.141. The van der Waals surface area contributed by atoms with Crippen LogP contribution in [-0.4, -0.2) is 15.8 Å². The smallest absolute Gasteiger partial charge is 0.252 e. The van der Waals surface area contributed by atoms with Gasteiger partial charge in [-0.1, -0.05) is 257 Å². The molecule has 25 rings (SSSR count). The lowest BCUT2D eigenvalue weighted by molar-refractivity contribution is 0.590. The van der Waals surface area contributed by atoms with Crippen molar-refractivity contribution in [2.45, 2.75) is 26.2 Å². The van der Waals surface area contributed by atoms with Gasteiger partial charge >= 0.3 is 0 Å². The zero-order valence-corrected chi connectivity index (χ0v) is 61.9. The van der Waals surface area contributed by atoms with Crippen molar-refractivity contribution in [2.75, 3.05) is 9.80 Å². The molecule has 0 amide bonds. The summed E-state index contributed by atoms with van der Waals surface area (Å²) in [5, 5.41) is 6.62. The molecule has 0 unspecified atom stereocenters. The molecule has 17 aromatic carbocycles. The maximum Gasteiger partial charge on any atom is 0.252 e. The van der Waals surface area contributed by atoms with Gasteiger partial charge in [0.1, 0.15) is 44.7 Å². The van der Waals surface area contributed by atoms with E-state index in [-0.39, 0.29) is 91.0 Å². The van der Waals surface area contributed by atoms with Crippen molar-refractivity contribution >= 4 is 189 Å². The van der Waals surface area contributed by atoms with Gasteiger partial charge in [-0.3, -0.25) is 0 Å². The van der Waals surface area contributed by atoms with Crippen LogP contribution in [0.1, 0.15) is 45.5 Å². The first kappa shape index (κ1) is 51.6. The van der Waals surface area contributed by atoms with Crippen LogP contribution in [0.5, 0.6) is 0 Å². The SMILES string of the molecule is [2H]c1c([2H])c([2H])c2c(c1[2H])c1c([2H])c(-c3ccccc3)c([2H])c([2H])c1n2-c1ccc2c(c1)N(c1c(-c3cccc4c3oc3ccccc34)ccc3oc4ccccc4c13)c1cc(C(C)(C)C)cc3c1B2c1ccc(-n2c4c([2H])c([2H])c([2H])c([2H])c4c4c([2H])c([2H])c(-c5ccccc5)c([2H])c42)cc1N3c1c(-c2cccc3c2oc2ccccc23)ccc2oc3ccccc3c12. The zero-order chi connectivity index (χ0) is 87.8. The molecule has 0 bridgehead atoms. The highest BCUT2D eigenvalue weighted by Crippen LogP contribution is 2.57. The Bertz CT molecular complexity index is 9000. The molecule has 8 nitrogen and oxygen atoms in total. The molecule has 23 aromatic rings.